The molecule has 0 aliphatic carbocycles. The third-order valence-electron chi connectivity index (χ3n) is 3.84. The second-order valence-corrected chi connectivity index (χ2v) is 8.03. The molecule has 7 nitrogen and oxygen atoms in total. The lowest BCUT2D eigenvalue weighted by Gasteiger charge is -2.33. The van der Waals surface area contributed by atoms with Crippen molar-refractivity contribution in [1.82, 2.24) is 9.29 Å². The first-order chi connectivity index (χ1) is 11.5. The van der Waals surface area contributed by atoms with Crippen molar-refractivity contribution in [3.8, 4) is 0 Å². The first kappa shape index (κ1) is 16.9. The van der Waals surface area contributed by atoms with Crippen molar-refractivity contribution >= 4 is 32.5 Å². The van der Waals surface area contributed by atoms with Crippen LogP contribution in [0.1, 0.15) is 10.4 Å². The fourth-order valence-electron chi connectivity index (χ4n) is 2.52. The Kier molecular flexibility index (Phi) is 4.83. The zero-order valence-electron chi connectivity index (χ0n) is 13.1. The van der Waals surface area contributed by atoms with Crippen LogP contribution in [-0.2, 0) is 14.8 Å². The van der Waals surface area contributed by atoms with Gasteiger partial charge in [0.1, 0.15) is 0 Å². The Balaban J connectivity index is 1.71. The number of benzene rings is 1. The second kappa shape index (κ2) is 6.88. The molecule has 0 spiro atoms. The lowest BCUT2D eigenvalue weighted by Crippen LogP contribution is -2.48. The minimum atomic E-state index is -3.57. The third-order valence-corrected chi connectivity index (χ3v) is 6.59. The number of anilines is 1. The van der Waals surface area contributed by atoms with E-state index in [0.29, 0.717) is 31.7 Å². The summed E-state index contributed by atoms with van der Waals surface area (Å²) in [5.74, 6) is -0.490. The van der Waals surface area contributed by atoms with Crippen LogP contribution in [0.3, 0.4) is 0 Å². The van der Waals surface area contributed by atoms with Crippen LogP contribution in [0.25, 0.3) is 0 Å². The van der Waals surface area contributed by atoms with Gasteiger partial charge in [-0.2, -0.15) is 4.31 Å². The number of piperazine rings is 1. The first-order valence-corrected chi connectivity index (χ1v) is 9.67. The minimum absolute atomic E-state index is 0.179. The summed E-state index contributed by atoms with van der Waals surface area (Å²) in [6, 6.07) is 5.80. The third kappa shape index (κ3) is 3.28. The summed E-state index contributed by atoms with van der Waals surface area (Å²) in [6.45, 7) is 2.02. The Morgan fingerprint density at radius 1 is 1.17 bits per heavy atom. The van der Waals surface area contributed by atoms with Gasteiger partial charge in [0.25, 0.3) is 0 Å². The maximum absolute atomic E-state index is 12.7. The number of ether oxygens (including phenoxy) is 1. The Morgan fingerprint density at radius 3 is 2.38 bits per heavy atom. The highest BCUT2D eigenvalue weighted by molar-refractivity contribution is 7.89. The second-order valence-electron chi connectivity index (χ2n) is 5.22. The van der Waals surface area contributed by atoms with Crippen molar-refractivity contribution in [2.75, 3.05) is 38.2 Å². The zero-order chi connectivity index (χ0) is 17.2. The molecule has 3 rings (SSSR count). The molecule has 9 heteroatoms. The number of nitrogens with zero attached hydrogens (tertiary/aromatic N) is 3. The number of carbonyl (C=O) groups excluding carboxylic acids is 1. The highest BCUT2D eigenvalue weighted by Crippen LogP contribution is 2.22. The molecule has 0 amide bonds. The molecule has 1 aliphatic heterocycles. The smallest absolute Gasteiger partial charge is 0.337 e. The minimum Gasteiger partial charge on any atom is -0.465 e. The molecule has 0 saturated carbocycles. The molecule has 1 aliphatic rings. The Labute approximate surface area is 144 Å². The van der Waals surface area contributed by atoms with E-state index in [4.69, 9.17) is 0 Å². The SMILES string of the molecule is COC(=O)c1ccc(S(=O)(=O)N2CCN(c3nccs3)CC2)cc1. The fourth-order valence-corrected chi connectivity index (χ4v) is 4.64. The van der Waals surface area contributed by atoms with Gasteiger partial charge in [0.2, 0.25) is 10.0 Å². The van der Waals surface area contributed by atoms with E-state index in [1.54, 1.807) is 17.5 Å². The van der Waals surface area contributed by atoms with Crippen LogP contribution in [0.4, 0.5) is 5.13 Å². The van der Waals surface area contributed by atoms with Gasteiger partial charge in [0.05, 0.1) is 17.6 Å². The number of esters is 1. The van der Waals surface area contributed by atoms with E-state index in [9.17, 15) is 13.2 Å². The molecule has 1 aromatic heterocycles. The van der Waals surface area contributed by atoms with Crippen LogP contribution in [0.5, 0.6) is 0 Å². The number of hydrogen-bond donors (Lipinski definition) is 0. The summed E-state index contributed by atoms with van der Waals surface area (Å²) >= 11 is 1.54. The maximum Gasteiger partial charge on any atom is 0.337 e. The van der Waals surface area contributed by atoms with Crippen molar-refractivity contribution in [3.05, 3.63) is 41.4 Å². The number of rotatable bonds is 4. The quantitative estimate of drug-likeness (QED) is 0.761. The summed E-state index contributed by atoms with van der Waals surface area (Å²) in [5, 5.41) is 2.82. The molecule has 1 aromatic carbocycles. The molecule has 0 atom stereocenters. The van der Waals surface area contributed by atoms with Crippen LogP contribution in [0.2, 0.25) is 0 Å². The molecule has 1 fully saturated rings. The Hall–Kier alpha value is -1.97. The lowest BCUT2D eigenvalue weighted by molar-refractivity contribution is 0.0600. The largest absolute Gasteiger partial charge is 0.465 e. The van der Waals surface area contributed by atoms with Gasteiger partial charge in [-0.3, -0.25) is 0 Å². The molecule has 0 unspecified atom stereocenters. The van der Waals surface area contributed by atoms with Gasteiger partial charge in [-0.25, -0.2) is 18.2 Å². The van der Waals surface area contributed by atoms with Crippen molar-refractivity contribution in [3.63, 3.8) is 0 Å². The van der Waals surface area contributed by atoms with E-state index in [1.807, 2.05) is 5.38 Å². The average Bonchev–Trinajstić information content (AvgIpc) is 3.16. The maximum atomic E-state index is 12.7. The van der Waals surface area contributed by atoms with E-state index in [0.717, 1.165) is 5.13 Å². The monoisotopic (exact) mass is 367 g/mol. The predicted molar refractivity (Wildman–Crippen MR) is 90.9 cm³/mol. The number of thiazole rings is 1. The van der Waals surface area contributed by atoms with E-state index < -0.39 is 16.0 Å². The van der Waals surface area contributed by atoms with Gasteiger partial charge in [0.15, 0.2) is 5.13 Å². The molecule has 2 heterocycles. The lowest BCUT2D eigenvalue weighted by atomic mass is 10.2. The molecular weight excluding hydrogens is 350 g/mol. The van der Waals surface area contributed by atoms with Gasteiger partial charge in [-0.05, 0) is 24.3 Å². The van der Waals surface area contributed by atoms with E-state index in [1.165, 1.54) is 35.7 Å². The van der Waals surface area contributed by atoms with E-state index in [-0.39, 0.29) is 4.90 Å². The average molecular weight is 367 g/mol. The summed E-state index contributed by atoms with van der Waals surface area (Å²) in [7, 11) is -2.28. The molecule has 0 bridgehead atoms. The summed E-state index contributed by atoms with van der Waals surface area (Å²) < 4.78 is 31.5. The van der Waals surface area contributed by atoms with Crippen LogP contribution in [0.15, 0.2) is 40.7 Å². The molecule has 128 valence electrons. The Morgan fingerprint density at radius 2 is 1.83 bits per heavy atom. The van der Waals surface area contributed by atoms with Crippen molar-refractivity contribution in [2.24, 2.45) is 0 Å². The Bertz CT molecular complexity index is 796. The number of sulfonamides is 1. The number of carbonyl (C=O) groups is 1. The molecule has 24 heavy (non-hydrogen) atoms. The first-order valence-electron chi connectivity index (χ1n) is 7.35. The predicted octanol–water partition coefficient (Wildman–Crippen LogP) is 1.44. The molecule has 0 radical (unpaired) electrons. The van der Waals surface area contributed by atoms with E-state index in [2.05, 4.69) is 14.6 Å². The van der Waals surface area contributed by atoms with Gasteiger partial charge in [0, 0.05) is 37.8 Å². The highest BCUT2D eigenvalue weighted by Gasteiger charge is 2.29. The van der Waals surface area contributed by atoms with Crippen LogP contribution in [-0.4, -0.2) is 57.0 Å². The standard InChI is InChI=1S/C15H17N3O4S2/c1-22-14(19)12-2-4-13(5-3-12)24(20,21)18-9-7-17(8-10-18)15-16-6-11-23-15/h2-6,11H,7-10H2,1H3. The molecule has 2 aromatic rings. The summed E-state index contributed by atoms with van der Waals surface area (Å²) in [5.41, 5.74) is 0.324. The number of methoxy groups -OCH3 is 1. The summed E-state index contributed by atoms with van der Waals surface area (Å²) in [6.07, 6.45) is 1.74. The topological polar surface area (TPSA) is 79.8 Å². The van der Waals surface area contributed by atoms with Gasteiger partial charge in [-0.1, -0.05) is 0 Å². The number of hydrogen-bond acceptors (Lipinski definition) is 7. The van der Waals surface area contributed by atoms with Crippen LogP contribution in [0, 0.1) is 0 Å². The van der Waals surface area contributed by atoms with Crippen molar-refractivity contribution in [1.29, 1.82) is 0 Å². The van der Waals surface area contributed by atoms with Crippen LogP contribution >= 0.6 is 11.3 Å². The van der Waals surface area contributed by atoms with Gasteiger partial charge >= 0.3 is 5.97 Å². The van der Waals surface area contributed by atoms with Crippen LogP contribution < -0.4 is 4.90 Å². The normalized spacial score (nSPS) is 16.1. The van der Waals surface area contributed by atoms with Crippen molar-refractivity contribution in [2.45, 2.75) is 4.90 Å². The van der Waals surface area contributed by atoms with E-state index >= 15 is 0 Å². The van der Waals surface area contributed by atoms with Gasteiger partial charge in [-0.15, -0.1) is 11.3 Å². The molecule has 0 N–H and O–H groups in total. The van der Waals surface area contributed by atoms with Gasteiger partial charge < -0.3 is 9.64 Å². The zero-order valence-corrected chi connectivity index (χ0v) is 14.7. The molecular formula is C15H17N3O4S2. The number of aromatic nitrogens is 1. The highest BCUT2D eigenvalue weighted by atomic mass is 32.2. The molecule has 1 saturated heterocycles. The van der Waals surface area contributed by atoms with Crippen molar-refractivity contribution < 1.29 is 17.9 Å². The summed E-state index contributed by atoms with van der Waals surface area (Å²) in [4.78, 5) is 17.9. The fraction of sp³-hybridized carbons (Fsp3) is 0.333.